The molecule has 0 spiro atoms. The molecule has 2 N–H and O–H groups in total. The van der Waals surface area contributed by atoms with E-state index in [0.29, 0.717) is 24.3 Å². The van der Waals surface area contributed by atoms with Crippen LogP contribution in [0.3, 0.4) is 0 Å². The molecule has 6 nitrogen and oxygen atoms in total. The van der Waals surface area contributed by atoms with E-state index in [1.54, 1.807) is 4.90 Å². The summed E-state index contributed by atoms with van der Waals surface area (Å²) in [6, 6.07) is 20.9. The molecule has 1 saturated heterocycles. The van der Waals surface area contributed by atoms with E-state index in [-0.39, 0.29) is 23.5 Å². The molecule has 0 bridgehead atoms. The van der Waals surface area contributed by atoms with Crippen LogP contribution in [-0.4, -0.2) is 39.8 Å². The summed E-state index contributed by atoms with van der Waals surface area (Å²) in [5.41, 5.74) is 3.93. The van der Waals surface area contributed by atoms with Crippen molar-refractivity contribution in [3.05, 3.63) is 84.2 Å². The van der Waals surface area contributed by atoms with Crippen molar-refractivity contribution in [3.8, 4) is 11.4 Å². The first-order valence-electron chi connectivity index (χ1n) is 11.0. The highest BCUT2D eigenvalue weighted by Crippen LogP contribution is 2.24. The quantitative estimate of drug-likeness (QED) is 0.474. The standard InChI is InChI=1S/C26H23FN4O2/c27-20-11-7-18(8-12-20)26(33)31-15-3-4-19(16-31)25(32)28-21-13-9-17(10-14-21)24-29-22-5-1-2-6-23(22)30-24/h1-2,5-14,19H,3-4,15-16H2,(H,28,32)(H,29,30). The van der Waals surface area contributed by atoms with Crippen molar-refractivity contribution in [1.82, 2.24) is 14.9 Å². The number of piperidine rings is 1. The van der Waals surface area contributed by atoms with Crippen molar-refractivity contribution in [3.63, 3.8) is 0 Å². The molecule has 7 heteroatoms. The van der Waals surface area contributed by atoms with Gasteiger partial charge in [-0.2, -0.15) is 0 Å². The number of benzene rings is 3. The zero-order valence-electron chi connectivity index (χ0n) is 17.9. The molecule has 3 aromatic carbocycles. The molecule has 1 aromatic heterocycles. The number of nitrogens with one attached hydrogen (secondary N) is 2. The lowest BCUT2D eigenvalue weighted by atomic mass is 9.96. The van der Waals surface area contributed by atoms with Gasteiger partial charge in [0.15, 0.2) is 0 Å². The number of hydrogen-bond acceptors (Lipinski definition) is 3. The summed E-state index contributed by atoms with van der Waals surface area (Å²) < 4.78 is 13.2. The molecule has 0 saturated carbocycles. The zero-order valence-corrected chi connectivity index (χ0v) is 17.9. The number of amides is 2. The number of likely N-dealkylation sites (tertiary alicyclic amines) is 1. The first-order chi connectivity index (χ1) is 16.1. The van der Waals surface area contributed by atoms with Crippen LogP contribution in [0.2, 0.25) is 0 Å². The second-order valence-electron chi connectivity index (χ2n) is 8.27. The SMILES string of the molecule is O=C(Nc1ccc(-c2nc3ccccc3[nH]2)cc1)C1CCCN(C(=O)c2ccc(F)cc2)C1. The summed E-state index contributed by atoms with van der Waals surface area (Å²) in [5.74, 6) is -0.186. The van der Waals surface area contributed by atoms with Gasteiger partial charge < -0.3 is 15.2 Å². The van der Waals surface area contributed by atoms with Gasteiger partial charge in [-0.15, -0.1) is 0 Å². The van der Waals surface area contributed by atoms with Gasteiger partial charge in [0.05, 0.1) is 17.0 Å². The first-order valence-corrected chi connectivity index (χ1v) is 11.0. The third-order valence-corrected chi connectivity index (χ3v) is 5.99. The smallest absolute Gasteiger partial charge is 0.253 e. The zero-order chi connectivity index (χ0) is 22.8. The van der Waals surface area contributed by atoms with Gasteiger partial charge >= 0.3 is 0 Å². The van der Waals surface area contributed by atoms with Gasteiger partial charge in [-0.3, -0.25) is 9.59 Å². The maximum atomic E-state index is 13.2. The molecule has 2 amide bonds. The third-order valence-electron chi connectivity index (χ3n) is 5.99. The molecule has 33 heavy (non-hydrogen) atoms. The normalized spacial score (nSPS) is 16.0. The molecular weight excluding hydrogens is 419 g/mol. The van der Waals surface area contributed by atoms with Crippen LogP contribution in [0.4, 0.5) is 10.1 Å². The highest BCUT2D eigenvalue weighted by Gasteiger charge is 2.29. The number of rotatable bonds is 4. The van der Waals surface area contributed by atoms with Crippen LogP contribution in [0.15, 0.2) is 72.8 Å². The van der Waals surface area contributed by atoms with E-state index in [1.165, 1.54) is 24.3 Å². The fourth-order valence-corrected chi connectivity index (χ4v) is 4.20. The first kappa shape index (κ1) is 20.9. The van der Waals surface area contributed by atoms with Crippen LogP contribution in [0.25, 0.3) is 22.4 Å². The van der Waals surface area contributed by atoms with Crippen LogP contribution in [-0.2, 0) is 4.79 Å². The average Bonchev–Trinajstić information content (AvgIpc) is 3.29. The molecule has 4 aromatic rings. The molecule has 1 unspecified atom stereocenters. The van der Waals surface area contributed by atoms with Crippen LogP contribution in [0, 0.1) is 11.7 Å². The highest BCUT2D eigenvalue weighted by atomic mass is 19.1. The lowest BCUT2D eigenvalue weighted by Gasteiger charge is -2.32. The van der Waals surface area contributed by atoms with Gasteiger partial charge in [-0.1, -0.05) is 12.1 Å². The molecule has 5 rings (SSSR count). The Morgan fingerprint density at radius 1 is 1.00 bits per heavy atom. The van der Waals surface area contributed by atoms with E-state index in [9.17, 15) is 14.0 Å². The van der Waals surface area contributed by atoms with Crippen molar-refractivity contribution >= 4 is 28.5 Å². The van der Waals surface area contributed by atoms with Crippen LogP contribution in [0.1, 0.15) is 23.2 Å². The highest BCUT2D eigenvalue weighted by molar-refractivity contribution is 5.96. The average molecular weight is 442 g/mol. The minimum absolute atomic E-state index is 0.108. The summed E-state index contributed by atoms with van der Waals surface area (Å²) in [5, 5.41) is 2.97. The van der Waals surface area contributed by atoms with E-state index in [1.807, 2.05) is 48.5 Å². The largest absolute Gasteiger partial charge is 0.338 e. The monoisotopic (exact) mass is 442 g/mol. The molecule has 1 atom stereocenters. The van der Waals surface area contributed by atoms with Crippen molar-refractivity contribution in [2.75, 3.05) is 18.4 Å². The van der Waals surface area contributed by atoms with Crippen LogP contribution in [0.5, 0.6) is 0 Å². The van der Waals surface area contributed by atoms with Gasteiger partial charge in [-0.05, 0) is 73.5 Å². The van der Waals surface area contributed by atoms with Crippen LogP contribution >= 0.6 is 0 Å². The summed E-state index contributed by atoms with van der Waals surface area (Å²) in [7, 11) is 0. The predicted octanol–water partition coefficient (Wildman–Crippen LogP) is 4.86. The number of H-pyrrole nitrogens is 1. The molecule has 1 aliphatic heterocycles. The molecule has 1 fully saturated rings. The van der Waals surface area contributed by atoms with Gasteiger partial charge in [0.1, 0.15) is 11.6 Å². The number of imidazole rings is 1. The van der Waals surface area contributed by atoms with Gasteiger partial charge in [0, 0.05) is 29.9 Å². The van der Waals surface area contributed by atoms with Gasteiger partial charge in [-0.25, -0.2) is 9.37 Å². The Hall–Kier alpha value is -4.00. The second kappa shape index (κ2) is 8.86. The van der Waals surface area contributed by atoms with Crippen molar-refractivity contribution in [1.29, 1.82) is 0 Å². The number of para-hydroxylation sites is 2. The minimum atomic E-state index is -0.381. The van der Waals surface area contributed by atoms with E-state index < -0.39 is 0 Å². The maximum absolute atomic E-state index is 13.2. The minimum Gasteiger partial charge on any atom is -0.338 e. The number of aromatic nitrogens is 2. The van der Waals surface area contributed by atoms with E-state index in [4.69, 9.17) is 0 Å². The number of aromatic amines is 1. The number of carbonyl (C=O) groups is 2. The molecule has 0 radical (unpaired) electrons. The van der Waals surface area contributed by atoms with E-state index in [2.05, 4.69) is 15.3 Å². The lowest BCUT2D eigenvalue weighted by Crippen LogP contribution is -2.43. The Labute approximate surface area is 190 Å². The number of carbonyl (C=O) groups excluding carboxylic acids is 2. The summed E-state index contributed by atoms with van der Waals surface area (Å²) >= 11 is 0. The number of nitrogens with zero attached hydrogens (tertiary/aromatic N) is 2. The fourth-order valence-electron chi connectivity index (χ4n) is 4.20. The van der Waals surface area contributed by atoms with E-state index in [0.717, 1.165) is 35.3 Å². The third kappa shape index (κ3) is 4.48. The van der Waals surface area contributed by atoms with E-state index >= 15 is 0 Å². The summed E-state index contributed by atoms with van der Waals surface area (Å²) in [6.45, 7) is 0.936. The molecule has 0 aliphatic carbocycles. The van der Waals surface area contributed by atoms with Crippen LogP contribution < -0.4 is 5.32 Å². The Morgan fingerprint density at radius 3 is 2.52 bits per heavy atom. The predicted molar refractivity (Wildman–Crippen MR) is 125 cm³/mol. The second-order valence-corrected chi connectivity index (χ2v) is 8.27. The number of anilines is 1. The topological polar surface area (TPSA) is 78.1 Å². The summed E-state index contributed by atoms with van der Waals surface area (Å²) in [6.07, 6.45) is 1.46. The summed E-state index contributed by atoms with van der Waals surface area (Å²) in [4.78, 5) is 35.2. The maximum Gasteiger partial charge on any atom is 0.253 e. The van der Waals surface area contributed by atoms with Crippen molar-refractivity contribution < 1.29 is 14.0 Å². The Morgan fingerprint density at radius 2 is 1.76 bits per heavy atom. The lowest BCUT2D eigenvalue weighted by molar-refractivity contribution is -0.121. The number of hydrogen-bond donors (Lipinski definition) is 2. The Balaban J connectivity index is 1.23. The molecule has 1 aliphatic rings. The Kier molecular flexibility index (Phi) is 5.60. The van der Waals surface area contributed by atoms with Crippen molar-refractivity contribution in [2.45, 2.75) is 12.8 Å². The Bertz CT molecular complexity index is 1270. The molecular formula is C26H23FN4O2. The molecule has 166 valence electrons. The number of fused-ring (bicyclic) bond motifs is 1. The number of halogens is 1. The van der Waals surface area contributed by atoms with Gasteiger partial charge in [0.2, 0.25) is 5.91 Å². The van der Waals surface area contributed by atoms with Crippen molar-refractivity contribution in [2.24, 2.45) is 5.92 Å². The fraction of sp³-hybridized carbons (Fsp3) is 0.192. The van der Waals surface area contributed by atoms with Gasteiger partial charge in [0.25, 0.3) is 5.91 Å². The molecule has 2 heterocycles.